The number of aromatic carboxylic acids is 2. The summed E-state index contributed by atoms with van der Waals surface area (Å²) in [5.41, 5.74) is 19.2. The summed E-state index contributed by atoms with van der Waals surface area (Å²) in [7, 11) is 11.5. The third kappa shape index (κ3) is 23.5. The molecule has 0 saturated heterocycles. The van der Waals surface area contributed by atoms with Gasteiger partial charge in [0, 0.05) is 290 Å². The van der Waals surface area contributed by atoms with E-state index in [9.17, 15) is 39.6 Å². The average molecular weight is 1830 g/mol. The molecule has 27 heteroatoms. The third-order valence-electron chi connectivity index (χ3n) is 23.7. The number of aliphatic imine (C=N–C) groups is 1. The number of hydrogen-bond acceptors (Lipinski definition) is 24. The molecule has 0 unspecified atom stereocenters. The van der Waals surface area contributed by atoms with E-state index in [0.717, 1.165) is 134 Å². The van der Waals surface area contributed by atoms with Gasteiger partial charge in [-0.2, -0.15) is 0 Å². The number of hydrogen-bond donors (Lipinski definition) is 6. The number of fused-ring (bicyclic) bond motifs is 6. The topological polar surface area (TPSA) is 342 Å². The summed E-state index contributed by atoms with van der Waals surface area (Å²) in [6, 6.07) is 76.7. The second-order valence-corrected chi connectivity index (χ2v) is 33.4. The number of allylic oxidation sites excluding steroid dienone is 3. The predicted molar refractivity (Wildman–Crippen MR) is 536 cm³/mol. The highest BCUT2D eigenvalue weighted by Crippen LogP contribution is 2.50. The van der Waals surface area contributed by atoms with Crippen molar-refractivity contribution in [2.24, 2.45) is 9.98 Å². The van der Waals surface area contributed by atoms with Crippen LogP contribution in [0.25, 0.3) is 72.4 Å². The third-order valence-corrected chi connectivity index (χ3v) is 23.7. The van der Waals surface area contributed by atoms with Crippen molar-refractivity contribution in [3.63, 3.8) is 0 Å². The van der Waals surface area contributed by atoms with Gasteiger partial charge in [-0.1, -0.05) is 60.7 Å². The smallest absolute Gasteiger partial charge is 0.336 e. The van der Waals surface area contributed by atoms with Crippen LogP contribution < -0.4 is 46.4 Å². The minimum absolute atomic E-state index is 0.0881. The van der Waals surface area contributed by atoms with Crippen molar-refractivity contribution in [2.75, 3.05) is 120 Å². The van der Waals surface area contributed by atoms with Crippen LogP contribution in [0.1, 0.15) is 65.9 Å². The lowest BCUT2D eigenvalue weighted by Gasteiger charge is -2.28. The molecular weight excluding hydrogens is 1720 g/mol. The first kappa shape index (κ1) is 93.6. The Morgan fingerprint density at radius 2 is 0.964 bits per heavy atom. The zero-order chi connectivity index (χ0) is 95.3. The number of ether oxygens (including phenoxy) is 1. The fourth-order valence-electron chi connectivity index (χ4n) is 16.8. The summed E-state index contributed by atoms with van der Waals surface area (Å²) in [5.74, 6) is -1.08. The van der Waals surface area contributed by atoms with Gasteiger partial charge in [-0.15, -0.1) is 5.75 Å². The minimum Gasteiger partial charge on any atom is -0.872 e. The lowest BCUT2D eigenvalue weighted by molar-refractivity contribution is -0.268. The van der Waals surface area contributed by atoms with Crippen molar-refractivity contribution in [1.29, 1.82) is 0 Å². The molecule has 6 aromatic heterocycles. The molecule has 0 spiro atoms. The summed E-state index contributed by atoms with van der Waals surface area (Å²) in [6.07, 6.45) is 19.7. The maximum Gasteiger partial charge on any atom is 0.336 e. The number of rotatable bonds is 33. The number of carbonyl (C=O) groups is 3. The maximum absolute atomic E-state index is 12.8. The van der Waals surface area contributed by atoms with Crippen molar-refractivity contribution >= 4 is 79.6 Å². The summed E-state index contributed by atoms with van der Waals surface area (Å²) >= 11 is 0. The quantitative estimate of drug-likeness (QED) is 0.0208. The van der Waals surface area contributed by atoms with Gasteiger partial charge < -0.3 is 59.7 Å². The molecule has 0 saturated carbocycles. The number of aliphatic carboxylic acids is 1. The van der Waals surface area contributed by atoms with Crippen LogP contribution in [0.2, 0.25) is 0 Å². The van der Waals surface area contributed by atoms with Gasteiger partial charge in [0.1, 0.15) is 34.2 Å². The van der Waals surface area contributed by atoms with E-state index >= 15 is 0 Å². The van der Waals surface area contributed by atoms with Crippen LogP contribution in [0.3, 0.4) is 0 Å². The number of carboxylic acids is 3. The second-order valence-electron chi connectivity index (χ2n) is 33.4. The molecule has 6 aliphatic rings. The van der Waals surface area contributed by atoms with Crippen LogP contribution in [0.15, 0.2) is 345 Å². The molecule has 0 radical (unpaired) electrons. The number of nitrogens with one attached hydrogen (secondary N) is 3. The molecular formula is C110H103N16O11-. The van der Waals surface area contributed by atoms with Gasteiger partial charge in [0.25, 0.3) is 0 Å². The number of nitrogens with zero attached hydrogens (tertiary/aromatic N) is 13. The summed E-state index contributed by atoms with van der Waals surface area (Å²) in [5, 5.41) is 55.4. The SMILES string of the molecule is CN(C)c1ccc2c(c1)Oc1cc(N(C)C)ccc1C2=C1C=CC(=NCCN(CCc2ccccn2)Cc2ccccn2)C=C1C(=O)O.CN=c1ccc2c(-c3ccc(NCCN(CCc4ccccn4)Cc4ccccn4)cc3C(=O)O)c3ccc(NC)cc3oc-2c1.O=C(O)c1ccc(NCCN(Cc2cccnc2)Cc2ccccn2)cc1-c1c2ccc(=O)cc-2oc2cc([O-])ccc12. The highest BCUT2D eigenvalue weighted by molar-refractivity contribution is 6.15. The van der Waals surface area contributed by atoms with E-state index in [4.69, 9.17) is 18.6 Å². The molecule has 0 fully saturated rings. The second kappa shape index (κ2) is 44.3. The molecule has 9 heterocycles. The molecule has 6 N–H and O–H groups in total. The van der Waals surface area contributed by atoms with E-state index in [1.807, 2.05) is 270 Å². The van der Waals surface area contributed by atoms with Crippen molar-refractivity contribution in [2.45, 2.75) is 39.0 Å². The van der Waals surface area contributed by atoms with E-state index in [-0.39, 0.29) is 39.2 Å². The number of pyridine rings is 6. The summed E-state index contributed by atoms with van der Waals surface area (Å²) in [6.45, 7) is 8.14. The lowest BCUT2D eigenvalue weighted by Crippen LogP contribution is -2.31. The zero-order valence-electron chi connectivity index (χ0n) is 76.8. The number of aromatic nitrogens is 6. The minimum atomic E-state index is -1.09. The number of benzene rings is 8. The van der Waals surface area contributed by atoms with Crippen LogP contribution in [0.5, 0.6) is 17.2 Å². The van der Waals surface area contributed by atoms with Crippen molar-refractivity contribution in [3.05, 3.63) is 393 Å². The Morgan fingerprint density at radius 3 is 1.52 bits per heavy atom. The van der Waals surface area contributed by atoms with Gasteiger partial charge in [-0.25, -0.2) is 14.4 Å². The first-order chi connectivity index (χ1) is 66.7. The van der Waals surface area contributed by atoms with Crippen molar-refractivity contribution in [1.82, 2.24) is 44.6 Å². The van der Waals surface area contributed by atoms with Crippen LogP contribution in [0, 0.1) is 0 Å². The van der Waals surface area contributed by atoms with Crippen molar-refractivity contribution < 1.29 is 48.4 Å². The Bertz CT molecular complexity index is 7080. The zero-order valence-corrected chi connectivity index (χ0v) is 76.8. The Labute approximate surface area is 792 Å². The van der Waals surface area contributed by atoms with Gasteiger partial charge in [0.05, 0.1) is 51.4 Å². The maximum atomic E-state index is 12.8. The average Bonchev–Trinajstić information content (AvgIpc) is 0.754. The number of carboxylic acid groups (broad SMARTS) is 3. The van der Waals surface area contributed by atoms with Gasteiger partial charge in [0.15, 0.2) is 5.43 Å². The van der Waals surface area contributed by atoms with Gasteiger partial charge in [-0.3, -0.25) is 59.4 Å². The van der Waals surface area contributed by atoms with E-state index in [2.05, 4.69) is 65.5 Å². The molecule has 0 bridgehead atoms. The Balaban J connectivity index is 0.000000149. The Hall–Kier alpha value is -16.6. The van der Waals surface area contributed by atoms with E-state index < -0.39 is 17.9 Å². The van der Waals surface area contributed by atoms with E-state index in [1.165, 1.54) is 24.3 Å². The molecule has 3 aliphatic heterocycles. The molecule has 6 aromatic carbocycles. The highest BCUT2D eigenvalue weighted by Gasteiger charge is 2.31. The van der Waals surface area contributed by atoms with Crippen molar-refractivity contribution in [3.8, 4) is 62.1 Å². The van der Waals surface area contributed by atoms with Gasteiger partial charge >= 0.3 is 17.9 Å². The molecule has 0 atom stereocenters. The van der Waals surface area contributed by atoms with Crippen LogP contribution in [-0.4, -0.2) is 178 Å². The Morgan fingerprint density at radius 1 is 0.445 bits per heavy atom. The highest BCUT2D eigenvalue weighted by atomic mass is 16.5. The predicted octanol–water partition coefficient (Wildman–Crippen LogP) is 17.9. The van der Waals surface area contributed by atoms with E-state index in [1.54, 1.807) is 68.1 Å². The molecule has 3 aliphatic carbocycles. The molecule has 12 aromatic rings. The summed E-state index contributed by atoms with van der Waals surface area (Å²) in [4.78, 5) is 96.8. The first-order valence-corrected chi connectivity index (χ1v) is 45.0. The van der Waals surface area contributed by atoms with E-state index in [0.29, 0.717) is 121 Å². The largest absolute Gasteiger partial charge is 0.872 e. The molecule has 18 rings (SSSR count). The summed E-state index contributed by atoms with van der Waals surface area (Å²) < 4.78 is 18.7. The standard InChI is InChI=1S/C39H40N6O3.C37H36N6O3.C34H28N4O5/c1-43(2)30-12-15-33-36(24-30)48-37-25-31(44(3)4)13-16-34(37)38(33)32-14-11-28(23-35(32)39(46)47)42-20-22-45(26-29-10-6-8-19-41-29)21-17-27-9-5-7-18-40-27;1-38-26-9-13-31-34(22-26)46-35-23-27(39-2)10-14-32(35)36(31)30-12-11-28(21-33(30)37(44)45)42-18-20-43(24-29-8-4-6-17-41-29)19-15-25-7-3-5-16-40-25;39-25-7-10-28-31(17-25)43-32-18-26(40)8-11-29(32)33(28)30-16-23(6-9-27(30)34(41)42)37-14-15-38(20-22-4-3-12-35-19-22)21-24-5-1-2-13-36-24/h5-16,18-19,23-25H,17,20-22,26H2,1-4H3,(H,46,47);3-14,16-17,21-23,38,42H,15,18-20,24H2,1-2H3,(H,44,45);1-13,16-19,37,39H,14-15,20-21H2,(H,41,42)/p-1. The first-order valence-electron chi connectivity index (χ1n) is 45.0. The molecule has 0 amide bonds. The monoisotopic (exact) mass is 1820 g/mol. The Kier molecular flexibility index (Phi) is 30.3. The molecule has 690 valence electrons. The fourth-order valence-corrected chi connectivity index (χ4v) is 16.8. The van der Waals surface area contributed by atoms with Crippen LogP contribution >= 0.6 is 0 Å². The van der Waals surface area contributed by atoms with Crippen LogP contribution in [0.4, 0.5) is 28.4 Å². The fraction of sp³-hybridized carbons (Fsp3) is 0.182. The van der Waals surface area contributed by atoms with Gasteiger partial charge in [-0.05, 0) is 198 Å². The lowest BCUT2D eigenvalue weighted by atomic mass is 9.84. The normalized spacial score (nSPS) is 12.5. The van der Waals surface area contributed by atoms with Crippen LogP contribution in [-0.2, 0) is 43.8 Å². The molecule has 27 nitrogen and oxygen atoms in total. The van der Waals surface area contributed by atoms with Gasteiger partial charge in [0.2, 0.25) is 0 Å². The number of anilines is 5. The molecule has 137 heavy (non-hydrogen) atoms.